The number of rotatable bonds is 7. The van der Waals surface area contributed by atoms with E-state index in [1.165, 1.54) is 24.3 Å². The number of anilines is 1. The SMILES string of the molecule is [2H]C[C@H]1O[C@@H](n2ncc3c(NC(=O)c4ccccc4)ncnc32)CC1OC(=O)CCC(=O)NC. The molecule has 4 rings (SSSR count). The number of aromatic nitrogens is 4. The molecule has 33 heavy (non-hydrogen) atoms. The van der Waals surface area contributed by atoms with Gasteiger partial charge in [0.15, 0.2) is 11.9 Å². The number of hydrogen-bond acceptors (Lipinski definition) is 8. The molecule has 0 saturated carbocycles. The summed E-state index contributed by atoms with van der Waals surface area (Å²) in [6, 6.07) is 8.75. The second kappa shape index (κ2) is 9.74. The van der Waals surface area contributed by atoms with Crippen LogP contribution in [0.5, 0.6) is 0 Å². The van der Waals surface area contributed by atoms with Gasteiger partial charge in [0.05, 0.1) is 24.1 Å². The van der Waals surface area contributed by atoms with Gasteiger partial charge in [0.2, 0.25) is 5.91 Å². The second-order valence-electron chi connectivity index (χ2n) is 7.44. The molecule has 2 amide bonds. The molecular weight excluding hydrogens is 428 g/mol. The summed E-state index contributed by atoms with van der Waals surface area (Å²) in [4.78, 5) is 44.5. The van der Waals surface area contributed by atoms with Crippen LogP contribution in [0.1, 0.15) is 44.1 Å². The smallest absolute Gasteiger partial charge is 0.306 e. The highest BCUT2D eigenvalue weighted by Crippen LogP contribution is 2.33. The van der Waals surface area contributed by atoms with E-state index in [0.717, 1.165) is 0 Å². The third-order valence-corrected chi connectivity index (χ3v) is 5.23. The first-order chi connectivity index (χ1) is 16.5. The van der Waals surface area contributed by atoms with Crippen molar-refractivity contribution in [2.24, 2.45) is 0 Å². The molecule has 0 bridgehead atoms. The van der Waals surface area contributed by atoms with Gasteiger partial charge in [-0.05, 0) is 19.0 Å². The maximum atomic E-state index is 12.5. The zero-order valence-electron chi connectivity index (χ0n) is 18.9. The van der Waals surface area contributed by atoms with Crippen molar-refractivity contribution in [1.29, 1.82) is 0 Å². The van der Waals surface area contributed by atoms with E-state index in [1.807, 2.05) is 6.07 Å². The Hall–Kier alpha value is -3.86. The Kier molecular flexibility index (Phi) is 6.20. The van der Waals surface area contributed by atoms with Crippen molar-refractivity contribution in [1.82, 2.24) is 25.1 Å². The molecular formula is C22H24N6O5. The fourth-order valence-electron chi connectivity index (χ4n) is 3.49. The summed E-state index contributed by atoms with van der Waals surface area (Å²) in [6.07, 6.45) is 1.14. The molecule has 1 unspecified atom stereocenters. The van der Waals surface area contributed by atoms with Gasteiger partial charge in [-0.2, -0.15) is 5.10 Å². The standard InChI is InChI=1S/C22H24N6O5/c1-13-16(33-19(30)9-8-17(29)23-2)10-18(32-13)28-21-15(11-26-28)20(24-12-25-21)27-22(31)14-6-4-3-5-7-14/h3-7,11-13,16,18H,8-10H2,1-2H3,(H,23,29)(H,24,25,27,31)/t13-,16?,18-/m1/s1/i1D. The molecule has 1 saturated heterocycles. The lowest BCUT2D eigenvalue weighted by Crippen LogP contribution is -2.26. The van der Waals surface area contributed by atoms with Crippen LogP contribution in [0.4, 0.5) is 5.82 Å². The largest absolute Gasteiger partial charge is 0.459 e. The molecule has 1 fully saturated rings. The van der Waals surface area contributed by atoms with E-state index < -0.39 is 24.4 Å². The minimum Gasteiger partial charge on any atom is -0.459 e. The Bertz CT molecular complexity index is 1190. The van der Waals surface area contributed by atoms with Crippen LogP contribution in [0.15, 0.2) is 42.9 Å². The highest BCUT2D eigenvalue weighted by molar-refractivity contribution is 6.07. The van der Waals surface area contributed by atoms with Gasteiger partial charge in [0, 0.05) is 26.8 Å². The Morgan fingerprint density at radius 2 is 2.06 bits per heavy atom. The molecule has 1 aliphatic heterocycles. The molecule has 3 aromatic rings. The van der Waals surface area contributed by atoms with Crippen LogP contribution in [0.2, 0.25) is 0 Å². The van der Waals surface area contributed by atoms with E-state index >= 15 is 0 Å². The topological polar surface area (TPSA) is 137 Å². The van der Waals surface area contributed by atoms with E-state index in [-0.39, 0.29) is 38.0 Å². The summed E-state index contributed by atoms with van der Waals surface area (Å²) in [5.74, 6) is -0.803. The molecule has 2 aromatic heterocycles. The van der Waals surface area contributed by atoms with Gasteiger partial charge in [0.1, 0.15) is 18.2 Å². The number of hydrogen-bond donors (Lipinski definition) is 2. The Labute approximate surface area is 190 Å². The highest BCUT2D eigenvalue weighted by Gasteiger charge is 2.37. The van der Waals surface area contributed by atoms with Crippen LogP contribution in [-0.2, 0) is 19.1 Å². The minimum absolute atomic E-state index is 0.0239. The van der Waals surface area contributed by atoms with E-state index in [0.29, 0.717) is 22.4 Å². The first-order valence-electron chi connectivity index (χ1n) is 11.1. The predicted molar refractivity (Wildman–Crippen MR) is 117 cm³/mol. The lowest BCUT2D eigenvalue weighted by atomic mass is 10.2. The van der Waals surface area contributed by atoms with Gasteiger partial charge in [-0.15, -0.1) is 0 Å². The average Bonchev–Trinajstić information content (AvgIpc) is 3.47. The summed E-state index contributed by atoms with van der Waals surface area (Å²) >= 11 is 0. The van der Waals surface area contributed by atoms with Crippen molar-refractivity contribution >= 4 is 34.6 Å². The summed E-state index contributed by atoms with van der Waals surface area (Å²) in [5, 5.41) is 10.1. The third-order valence-electron chi connectivity index (χ3n) is 5.23. The van der Waals surface area contributed by atoms with Crippen molar-refractivity contribution in [3.8, 4) is 0 Å². The zero-order chi connectivity index (χ0) is 24.1. The van der Waals surface area contributed by atoms with Crippen LogP contribution >= 0.6 is 0 Å². The zero-order valence-corrected chi connectivity index (χ0v) is 17.9. The molecule has 11 heteroatoms. The van der Waals surface area contributed by atoms with Crippen molar-refractivity contribution < 1.29 is 25.2 Å². The van der Waals surface area contributed by atoms with E-state index in [9.17, 15) is 14.4 Å². The average molecular weight is 453 g/mol. The summed E-state index contributed by atoms with van der Waals surface area (Å²) in [5.41, 5.74) is 0.916. The normalized spacial score (nSPS) is 20.3. The number of benzene rings is 1. The highest BCUT2D eigenvalue weighted by atomic mass is 16.6. The first-order valence-corrected chi connectivity index (χ1v) is 10.4. The minimum atomic E-state index is -0.655. The van der Waals surface area contributed by atoms with E-state index in [4.69, 9.17) is 10.8 Å². The maximum absolute atomic E-state index is 12.5. The van der Waals surface area contributed by atoms with Crippen molar-refractivity contribution in [3.05, 3.63) is 48.4 Å². The van der Waals surface area contributed by atoms with E-state index in [1.54, 1.807) is 24.3 Å². The summed E-state index contributed by atoms with van der Waals surface area (Å²) in [7, 11) is 1.50. The van der Waals surface area contributed by atoms with Crippen LogP contribution < -0.4 is 10.6 Å². The molecule has 3 atom stereocenters. The van der Waals surface area contributed by atoms with Crippen molar-refractivity contribution in [3.63, 3.8) is 0 Å². The monoisotopic (exact) mass is 453 g/mol. The maximum Gasteiger partial charge on any atom is 0.306 e. The second-order valence-corrected chi connectivity index (χ2v) is 7.44. The molecule has 1 aromatic carbocycles. The first kappa shape index (κ1) is 21.0. The third kappa shape index (κ3) is 4.98. The Balaban J connectivity index is 1.48. The molecule has 0 radical (unpaired) electrons. The van der Waals surface area contributed by atoms with Crippen LogP contribution in [0.3, 0.4) is 0 Å². The molecule has 1 aliphatic rings. The quantitative estimate of drug-likeness (QED) is 0.517. The number of carbonyl (C=O) groups excluding carboxylic acids is 3. The molecule has 0 spiro atoms. The van der Waals surface area contributed by atoms with Crippen LogP contribution in [0.25, 0.3) is 11.0 Å². The molecule has 0 aliphatic carbocycles. The lowest BCUT2D eigenvalue weighted by molar-refractivity contribution is -0.152. The number of nitrogens with zero attached hydrogens (tertiary/aromatic N) is 4. The molecule has 172 valence electrons. The number of esters is 1. The van der Waals surface area contributed by atoms with Crippen molar-refractivity contribution in [2.45, 2.75) is 44.6 Å². The fourth-order valence-corrected chi connectivity index (χ4v) is 3.49. The molecule has 11 nitrogen and oxygen atoms in total. The van der Waals surface area contributed by atoms with Gasteiger partial charge in [-0.3, -0.25) is 14.4 Å². The Morgan fingerprint density at radius 1 is 1.24 bits per heavy atom. The number of nitrogens with one attached hydrogen (secondary N) is 2. The molecule has 3 heterocycles. The number of ether oxygens (including phenoxy) is 2. The molecule has 2 N–H and O–H groups in total. The van der Waals surface area contributed by atoms with Gasteiger partial charge >= 0.3 is 5.97 Å². The predicted octanol–water partition coefficient (Wildman–Crippen LogP) is 1.82. The van der Waals surface area contributed by atoms with Gasteiger partial charge in [0.25, 0.3) is 5.91 Å². The Morgan fingerprint density at radius 3 is 2.82 bits per heavy atom. The van der Waals surface area contributed by atoms with Gasteiger partial charge in [-0.25, -0.2) is 14.6 Å². The van der Waals surface area contributed by atoms with Gasteiger partial charge < -0.3 is 20.1 Å². The number of carbonyl (C=O) groups is 3. The summed E-state index contributed by atoms with van der Waals surface area (Å²) in [6.45, 7) is -0.115. The van der Waals surface area contributed by atoms with Crippen molar-refractivity contribution in [2.75, 3.05) is 12.4 Å². The van der Waals surface area contributed by atoms with Crippen LogP contribution in [-0.4, -0.2) is 56.8 Å². The number of amides is 2. The fraction of sp³-hybridized carbons (Fsp3) is 0.364. The number of fused-ring (bicyclic) bond motifs is 1. The summed E-state index contributed by atoms with van der Waals surface area (Å²) < 4.78 is 20.7. The van der Waals surface area contributed by atoms with Gasteiger partial charge in [-0.1, -0.05) is 18.2 Å². The van der Waals surface area contributed by atoms with Crippen LogP contribution in [0, 0.1) is 0 Å². The lowest BCUT2D eigenvalue weighted by Gasteiger charge is -2.14. The van der Waals surface area contributed by atoms with E-state index in [2.05, 4.69) is 25.7 Å².